The maximum absolute atomic E-state index is 6.60. The summed E-state index contributed by atoms with van der Waals surface area (Å²) in [6.07, 6.45) is 9.66. The summed E-state index contributed by atoms with van der Waals surface area (Å²) in [6.45, 7) is 16.4. The fraction of sp³-hybridized carbons (Fsp3) is 0.684. The molecule has 0 aromatic carbocycles. The van der Waals surface area contributed by atoms with E-state index >= 15 is 0 Å². The molecule has 0 saturated heterocycles. The van der Waals surface area contributed by atoms with Gasteiger partial charge in [-0.1, -0.05) is 0 Å². The summed E-state index contributed by atoms with van der Waals surface area (Å²) in [7, 11) is 0. The number of rotatable bonds is 10. The Hall–Kier alpha value is -0.0213. The minimum absolute atomic E-state index is 0.955. The van der Waals surface area contributed by atoms with E-state index in [1.807, 2.05) is 0 Å². The van der Waals surface area contributed by atoms with Crippen LogP contribution in [0.2, 0.25) is 13.3 Å². The van der Waals surface area contributed by atoms with Crippen molar-refractivity contribution in [1.82, 2.24) is 0 Å². The molecule has 0 spiro atoms. The Morgan fingerprint density at radius 1 is 0.762 bits per heavy atom. The fourth-order valence-corrected chi connectivity index (χ4v) is 12.8. The minimum atomic E-state index is -2.60. The summed E-state index contributed by atoms with van der Waals surface area (Å²) in [4.78, 5) is 0. The van der Waals surface area contributed by atoms with Gasteiger partial charge in [0.05, 0.1) is 0 Å². The Bertz CT molecular complexity index is 315. The standard InChI is InChI=1S/3C5H9.C4H9O.Sn/c3*1-4-5(2)3;1-2-3-4-5;/h3*4H,1H2,2-3H3;2-4H2,1H3;/q;;;-1;+1. The van der Waals surface area contributed by atoms with E-state index in [4.69, 9.17) is 3.07 Å². The van der Waals surface area contributed by atoms with Crippen molar-refractivity contribution in [2.24, 2.45) is 0 Å². The Morgan fingerprint density at radius 2 is 1.14 bits per heavy atom. The van der Waals surface area contributed by atoms with Gasteiger partial charge in [-0.3, -0.25) is 0 Å². The van der Waals surface area contributed by atoms with E-state index < -0.39 is 18.8 Å². The van der Waals surface area contributed by atoms with Crippen LogP contribution >= 0.6 is 0 Å². The zero-order chi connectivity index (χ0) is 16.3. The number of unbranched alkanes of at least 4 members (excludes halogenated alkanes) is 1. The van der Waals surface area contributed by atoms with E-state index in [9.17, 15) is 0 Å². The van der Waals surface area contributed by atoms with Gasteiger partial charge in [-0.15, -0.1) is 0 Å². The molecule has 122 valence electrons. The summed E-state index contributed by atoms with van der Waals surface area (Å²) in [6, 6.07) is 0. The van der Waals surface area contributed by atoms with E-state index in [-0.39, 0.29) is 0 Å². The third kappa shape index (κ3) is 11.2. The van der Waals surface area contributed by atoms with Gasteiger partial charge in [-0.25, -0.2) is 0 Å². The molecule has 0 saturated carbocycles. The van der Waals surface area contributed by atoms with Gasteiger partial charge in [0.15, 0.2) is 0 Å². The molecular weight excluding hydrogens is 363 g/mol. The molecule has 0 atom stereocenters. The third-order valence-electron chi connectivity index (χ3n) is 3.55. The van der Waals surface area contributed by atoms with E-state index in [1.165, 1.54) is 42.9 Å². The molecule has 21 heavy (non-hydrogen) atoms. The second-order valence-corrected chi connectivity index (χ2v) is 17.9. The summed E-state index contributed by atoms with van der Waals surface area (Å²) < 4.78 is 10.2. The average Bonchev–Trinajstić information content (AvgIpc) is 2.40. The van der Waals surface area contributed by atoms with Crippen molar-refractivity contribution in [3.8, 4) is 0 Å². The first-order chi connectivity index (χ1) is 9.81. The van der Waals surface area contributed by atoms with Gasteiger partial charge in [-0.05, 0) is 0 Å². The van der Waals surface area contributed by atoms with Crippen LogP contribution in [0, 0.1) is 0 Å². The SMILES string of the molecule is CCCC[O][Sn]([CH2]C=C(C)C)([CH2]C=C(C)C)[CH2]C=C(C)C. The molecule has 0 aliphatic carbocycles. The molecule has 0 aliphatic heterocycles. The van der Waals surface area contributed by atoms with Gasteiger partial charge in [0, 0.05) is 0 Å². The van der Waals surface area contributed by atoms with Gasteiger partial charge in [-0.2, -0.15) is 0 Å². The second-order valence-electron chi connectivity index (χ2n) is 6.84. The Balaban J connectivity index is 5.18. The van der Waals surface area contributed by atoms with E-state index in [2.05, 4.69) is 66.7 Å². The predicted octanol–water partition coefficient (Wildman–Crippen LogP) is 6.65. The van der Waals surface area contributed by atoms with Crippen LogP contribution in [0.3, 0.4) is 0 Å². The first-order valence-corrected chi connectivity index (χ1v) is 15.6. The van der Waals surface area contributed by atoms with Crippen molar-refractivity contribution in [2.45, 2.75) is 74.6 Å². The zero-order valence-corrected chi connectivity index (χ0v) is 18.2. The summed E-state index contributed by atoms with van der Waals surface area (Å²) in [5.74, 6) is 0. The second kappa shape index (κ2) is 11.5. The van der Waals surface area contributed by atoms with Crippen LogP contribution in [0.25, 0.3) is 0 Å². The van der Waals surface area contributed by atoms with Crippen molar-refractivity contribution < 1.29 is 3.07 Å². The average molecular weight is 399 g/mol. The van der Waals surface area contributed by atoms with E-state index in [1.54, 1.807) is 0 Å². The number of hydrogen-bond acceptors (Lipinski definition) is 1. The zero-order valence-electron chi connectivity index (χ0n) is 15.4. The molecule has 0 aromatic rings. The summed E-state index contributed by atoms with van der Waals surface area (Å²) in [5, 5.41) is 0. The Kier molecular flexibility index (Phi) is 11.5. The predicted molar refractivity (Wildman–Crippen MR) is 99.3 cm³/mol. The fourth-order valence-electron chi connectivity index (χ4n) is 2.03. The van der Waals surface area contributed by atoms with Crippen LogP contribution in [0.15, 0.2) is 34.9 Å². The molecule has 0 unspecified atom stereocenters. The molecule has 0 heterocycles. The van der Waals surface area contributed by atoms with Crippen molar-refractivity contribution in [3.05, 3.63) is 34.9 Å². The van der Waals surface area contributed by atoms with Crippen LogP contribution in [0.5, 0.6) is 0 Å². The molecular formula is C19H36OSn. The molecule has 0 radical (unpaired) electrons. The first kappa shape index (κ1) is 21.0. The molecule has 0 N–H and O–H groups in total. The van der Waals surface area contributed by atoms with Gasteiger partial charge < -0.3 is 0 Å². The topological polar surface area (TPSA) is 9.23 Å². The molecule has 2 heteroatoms. The van der Waals surface area contributed by atoms with Gasteiger partial charge in [0.1, 0.15) is 0 Å². The number of allylic oxidation sites excluding steroid dienone is 6. The molecule has 0 rings (SSSR count). The van der Waals surface area contributed by atoms with E-state index in [0.717, 1.165) is 6.61 Å². The van der Waals surface area contributed by atoms with Crippen molar-refractivity contribution in [3.63, 3.8) is 0 Å². The van der Waals surface area contributed by atoms with Crippen LogP contribution in [0.1, 0.15) is 61.3 Å². The Labute approximate surface area is 138 Å². The van der Waals surface area contributed by atoms with E-state index in [0.29, 0.717) is 0 Å². The quantitative estimate of drug-likeness (QED) is 0.227. The van der Waals surface area contributed by atoms with Gasteiger partial charge in [0.2, 0.25) is 0 Å². The van der Waals surface area contributed by atoms with Crippen LogP contribution in [-0.4, -0.2) is 25.4 Å². The summed E-state index contributed by atoms with van der Waals surface area (Å²) >= 11 is -2.60. The third-order valence-corrected chi connectivity index (χ3v) is 14.0. The van der Waals surface area contributed by atoms with Crippen LogP contribution in [0.4, 0.5) is 0 Å². The van der Waals surface area contributed by atoms with Crippen LogP contribution in [-0.2, 0) is 3.07 Å². The molecule has 1 nitrogen and oxygen atoms in total. The molecule has 0 aliphatic rings. The molecule has 0 amide bonds. The normalized spacial score (nSPS) is 11.0. The van der Waals surface area contributed by atoms with Gasteiger partial charge >= 0.3 is 138 Å². The first-order valence-electron chi connectivity index (χ1n) is 8.35. The van der Waals surface area contributed by atoms with Crippen LogP contribution < -0.4 is 0 Å². The van der Waals surface area contributed by atoms with Crippen molar-refractivity contribution >= 4 is 18.8 Å². The Morgan fingerprint density at radius 3 is 1.43 bits per heavy atom. The summed E-state index contributed by atoms with van der Waals surface area (Å²) in [5.41, 5.74) is 4.26. The number of hydrogen-bond donors (Lipinski definition) is 0. The van der Waals surface area contributed by atoms with Crippen molar-refractivity contribution in [1.29, 1.82) is 0 Å². The monoisotopic (exact) mass is 400 g/mol. The molecule has 0 aromatic heterocycles. The molecule has 0 fully saturated rings. The maximum atomic E-state index is 6.60. The van der Waals surface area contributed by atoms with Crippen molar-refractivity contribution in [2.75, 3.05) is 6.61 Å². The van der Waals surface area contributed by atoms with Gasteiger partial charge in [0.25, 0.3) is 0 Å². The molecule has 0 bridgehead atoms.